The number of fused-ring (bicyclic) bond motifs is 3. The molecule has 0 fully saturated rings. The fraction of sp³-hybridized carbons (Fsp3) is 0.143. The maximum absolute atomic E-state index is 6.64. The molecule has 25 heavy (non-hydrogen) atoms. The van der Waals surface area contributed by atoms with Crippen LogP contribution in [-0.4, -0.2) is 4.98 Å². The summed E-state index contributed by atoms with van der Waals surface area (Å²) in [6, 6.07) is 12.2. The van der Waals surface area contributed by atoms with Crippen LogP contribution in [-0.2, 0) is 0 Å². The second kappa shape index (κ2) is 6.05. The third-order valence-electron chi connectivity index (χ3n) is 5.09. The first-order valence-electron chi connectivity index (χ1n) is 8.05. The summed E-state index contributed by atoms with van der Waals surface area (Å²) in [5.41, 5.74) is 8.08. The predicted octanol–water partition coefficient (Wildman–Crippen LogP) is 7.98. The molecule has 3 aromatic carbocycles. The van der Waals surface area contributed by atoms with E-state index in [4.69, 9.17) is 23.2 Å². The van der Waals surface area contributed by atoms with Crippen LogP contribution in [0.15, 0.2) is 40.9 Å². The Morgan fingerprint density at radius 3 is 2.40 bits per heavy atom. The van der Waals surface area contributed by atoms with Gasteiger partial charge in [0.25, 0.3) is 0 Å². The molecule has 0 aliphatic rings. The van der Waals surface area contributed by atoms with Crippen molar-refractivity contribution >= 4 is 60.9 Å². The molecule has 0 saturated carbocycles. The molecule has 1 aromatic heterocycles. The predicted molar refractivity (Wildman–Crippen MR) is 113 cm³/mol. The van der Waals surface area contributed by atoms with Crippen molar-refractivity contribution in [2.75, 3.05) is 0 Å². The number of hydrogen-bond acceptors (Lipinski definition) is 0. The lowest BCUT2D eigenvalue weighted by Gasteiger charge is -2.16. The Kier molecular flexibility index (Phi) is 4.10. The monoisotopic (exact) mass is 431 g/mol. The number of hydrogen-bond donors (Lipinski definition) is 1. The molecule has 4 aromatic rings. The van der Waals surface area contributed by atoms with Crippen LogP contribution in [0.1, 0.15) is 16.7 Å². The van der Waals surface area contributed by atoms with Crippen molar-refractivity contribution < 1.29 is 0 Å². The highest BCUT2D eigenvalue weighted by atomic mass is 79.9. The number of aryl methyl sites for hydroxylation is 1. The molecule has 4 rings (SSSR count). The van der Waals surface area contributed by atoms with Crippen LogP contribution in [0.4, 0.5) is 0 Å². The minimum atomic E-state index is 0.660. The lowest BCUT2D eigenvalue weighted by Crippen LogP contribution is -1.95. The van der Waals surface area contributed by atoms with Crippen LogP contribution in [0.3, 0.4) is 0 Å². The maximum atomic E-state index is 6.64. The number of aromatic nitrogens is 1. The molecule has 0 bridgehead atoms. The molecule has 0 radical (unpaired) electrons. The van der Waals surface area contributed by atoms with Crippen molar-refractivity contribution in [2.45, 2.75) is 20.8 Å². The largest absolute Gasteiger partial charge is 0.354 e. The van der Waals surface area contributed by atoms with Gasteiger partial charge in [0.15, 0.2) is 0 Å². The van der Waals surface area contributed by atoms with E-state index in [1.807, 2.05) is 12.1 Å². The zero-order valence-corrected chi connectivity index (χ0v) is 17.2. The average molecular weight is 433 g/mol. The molecule has 0 atom stereocenters. The van der Waals surface area contributed by atoms with Gasteiger partial charge in [0.2, 0.25) is 0 Å². The number of rotatable bonds is 1. The van der Waals surface area contributed by atoms with Gasteiger partial charge in [-0.1, -0.05) is 41.4 Å². The van der Waals surface area contributed by atoms with E-state index in [1.165, 1.54) is 27.5 Å². The van der Waals surface area contributed by atoms with Gasteiger partial charge in [-0.3, -0.25) is 0 Å². The molecule has 0 unspecified atom stereocenters. The van der Waals surface area contributed by atoms with Gasteiger partial charge in [-0.25, -0.2) is 0 Å². The Bertz CT molecular complexity index is 1160. The van der Waals surface area contributed by atoms with Crippen LogP contribution < -0.4 is 0 Å². The summed E-state index contributed by atoms with van der Waals surface area (Å²) in [6.45, 7) is 6.50. The van der Waals surface area contributed by atoms with E-state index in [1.54, 1.807) is 0 Å². The van der Waals surface area contributed by atoms with E-state index in [9.17, 15) is 0 Å². The molecule has 0 aliphatic heterocycles. The number of benzene rings is 3. The summed E-state index contributed by atoms with van der Waals surface area (Å²) in [7, 11) is 0. The molecule has 0 amide bonds. The van der Waals surface area contributed by atoms with Gasteiger partial charge in [0, 0.05) is 36.9 Å². The Labute approximate surface area is 165 Å². The van der Waals surface area contributed by atoms with Crippen molar-refractivity contribution in [1.82, 2.24) is 4.98 Å². The van der Waals surface area contributed by atoms with Gasteiger partial charge in [0.05, 0.1) is 10.5 Å². The molecule has 0 spiro atoms. The van der Waals surface area contributed by atoms with Gasteiger partial charge < -0.3 is 4.98 Å². The quantitative estimate of drug-likeness (QED) is 0.293. The molecule has 1 N–H and O–H groups in total. The van der Waals surface area contributed by atoms with Gasteiger partial charge >= 0.3 is 0 Å². The van der Waals surface area contributed by atoms with Crippen LogP contribution in [0.5, 0.6) is 0 Å². The van der Waals surface area contributed by atoms with E-state index in [2.05, 4.69) is 66.0 Å². The molecule has 0 saturated heterocycles. The summed E-state index contributed by atoms with van der Waals surface area (Å²) >= 11 is 16.5. The fourth-order valence-corrected chi connectivity index (χ4v) is 4.65. The summed E-state index contributed by atoms with van der Waals surface area (Å²) in [4.78, 5) is 3.60. The second-order valence-electron chi connectivity index (χ2n) is 6.42. The van der Waals surface area contributed by atoms with Crippen molar-refractivity contribution in [3.8, 4) is 11.1 Å². The average Bonchev–Trinajstić information content (AvgIpc) is 2.96. The Hall–Kier alpha value is -1.48. The molecular formula is C21H16BrCl2N. The minimum absolute atomic E-state index is 0.660. The highest BCUT2D eigenvalue weighted by Gasteiger charge is 2.20. The first-order chi connectivity index (χ1) is 11.9. The maximum Gasteiger partial charge on any atom is 0.0628 e. The van der Waals surface area contributed by atoms with Crippen LogP contribution in [0.25, 0.3) is 32.9 Å². The highest BCUT2D eigenvalue weighted by molar-refractivity contribution is 9.10. The lowest BCUT2D eigenvalue weighted by atomic mass is 9.90. The summed E-state index contributed by atoms with van der Waals surface area (Å²) < 4.78 is 0.804. The summed E-state index contributed by atoms with van der Waals surface area (Å²) in [6.07, 6.45) is 0. The van der Waals surface area contributed by atoms with Gasteiger partial charge in [-0.05, 0) is 71.6 Å². The molecular weight excluding hydrogens is 417 g/mol. The van der Waals surface area contributed by atoms with Crippen molar-refractivity contribution in [3.05, 3.63) is 67.6 Å². The standard InChI is InChI=1S/C21H16BrCl2N/c1-10-11(2)18-14-6-4-5-7-17(14)25-21(18)19(12(10)3)15-8-13(23)9-16(22)20(15)24/h4-9,25H,1-3H3. The van der Waals surface area contributed by atoms with Crippen molar-refractivity contribution in [1.29, 1.82) is 0 Å². The minimum Gasteiger partial charge on any atom is -0.354 e. The zero-order valence-electron chi connectivity index (χ0n) is 14.1. The normalized spacial score (nSPS) is 11.6. The zero-order chi connectivity index (χ0) is 17.9. The number of nitrogens with one attached hydrogen (secondary N) is 1. The molecule has 0 aliphatic carbocycles. The van der Waals surface area contributed by atoms with Crippen LogP contribution >= 0.6 is 39.1 Å². The number of para-hydroxylation sites is 1. The highest BCUT2D eigenvalue weighted by Crippen LogP contribution is 2.44. The van der Waals surface area contributed by atoms with E-state index >= 15 is 0 Å². The van der Waals surface area contributed by atoms with Crippen molar-refractivity contribution in [2.24, 2.45) is 0 Å². The topological polar surface area (TPSA) is 15.8 Å². The third-order valence-corrected chi connectivity index (χ3v) is 6.57. The molecule has 1 heterocycles. The van der Waals surface area contributed by atoms with Gasteiger partial charge in [0.1, 0.15) is 0 Å². The fourth-order valence-electron chi connectivity index (χ4n) is 3.64. The molecule has 1 nitrogen and oxygen atoms in total. The molecule has 4 heteroatoms. The smallest absolute Gasteiger partial charge is 0.0628 e. The van der Waals surface area contributed by atoms with Crippen LogP contribution in [0, 0.1) is 20.8 Å². The number of H-pyrrole nitrogens is 1. The SMILES string of the molecule is Cc1c(C)c(C)c2c([nH]c3ccccc32)c1-c1cc(Cl)cc(Br)c1Cl. The number of halogens is 3. The number of aromatic amines is 1. The Balaban J connectivity index is 2.26. The lowest BCUT2D eigenvalue weighted by molar-refractivity contribution is 1.29. The first kappa shape index (κ1) is 17.0. The van der Waals surface area contributed by atoms with Gasteiger partial charge in [-0.2, -0.15) is 0 Å². The van der Waals surface area contributed by atoms with E-state index in [-0.39, 0.29) is 0 Å². The third kappa shape index (κ3) is 2.51. The van der Waals surface area contributed by atoms with Crippen molar-refractivity contribution in [3.63, 3.8) is 0 Å². The summed E-state index contributed by atoms with van der Waals surface area (Å²) in [5.74, 6) is 0. The van der Waals surface area contributed by atoms with Gasteiger partial charge in [-0.15, -0.1) is 0 Å². The molecule has 126 valence electrons. The van der Waals surface area contributed by atoms with Crippen LogP contribution in [0.2, 0.25) is 10.0 Å². The Morgan fingerprint density at radius 2 is 1.64 bits per heavy atom. The summed E-state index contributed by atoms with van der Waals surface area (Å²) in [5, 5.41) is 3.82. The Morgan fingerprint density at radius 1 is 0.920 bits per heavy atom. The van der Waals surface area contributed by atoms with E-state index in [0.717, 1.165) is 26.6 Å². The van der Waals surface area contributed by atoms with E-state index < -0.39 is 0 Å². The van der Waals surface area contributed by atoms with E-state index in [0.29, 0.717) is 10.0 Å². The first-order valence-corrected chi connectivity index (χ1v) is 9.60. The second-order valence-corrected chi connectivity index (χ2v) is 8.09.